The van der Waals surface area contributed by atoms with Crippen molar-refractivity contribution in [2.24, 2.45) is 7.05 Å². The van der Waals surface area contributed by atoms with Gasteiger partial charge in [-0.3, -0.25) is 4.79 Å². The summed E-state index contributed by atoms with van der Waals surface area (Å²) in [6.07, 6.45) is 4.92. The van der Waals surface area contributed by atoms with Crippen molar-refractivity contribution in [2.45, 2.75) is 0 Å². The standard InChI is InChI=1S/C18H13N2O2/c1-20-9-8-13(15-5-2-3-6-16(15)20)11-14(12-19)18(21)17-7-4-10-22-17/h2-11H,1H3/q+1/b14-11+. The van der Waals surface area contributed by atoms with Crippen LogP contribution in [0.15, 0.2) is 64.9 Å². The van der Waals surface area contributed by atoms with Gasteiger partial charge in [-0.1, -0.05) is 12.1 Å². The Morgan fingerprint density at radius 2 is 2.05 bits per heavy atom. The van der Waals surface area contributed by atoms with Crippen LogP contribution in [0.4, 0.5) is 0 Å². The van der Waals surface area contributed by atoms with Crippen molar-refractivity contribution in [3.05, 3.63) is 71.8 Å². The lowest BCUT2D eigenvalue weighted by molar-refractivity contribution is -0.644. The monoisotopic (exact) mass is 289 g/mol. The van der Waals surface area contributed by atoms with E-state index in [2.05, 4.69) is 0 Å². The summed E-state index contributed by atoms with van der Waals surface area (Å²) in [4.78, 5) is 12.3. The number of nitrogens with zero attached hydrogens (tertiary/aromatic N) is 2. The molecule has 4 heteroatoms. The molecule has 0 amide bonds. The molecule has 0 unspecified atom stereocenters. The number of allylic oxidation sites excluding steroid dienone is 1. The number of aryl methyl sites for hydroxylation is 1. The Labute approximate surface area is 127 Å². The van der Waals surface area contributed by atoms with Crippen LogP contribution in [0.3, 0.4) is 0 Å². The van der Waals surface area contributed by atoms with Gasteiger partial charge in [-0.15, -0.1) is 0 Å². The van der Waals surface area contributed by atoms with E-state index in [1.165, 1.54) is 6.26 Å². The largest absolute Gasteiger partial charge is 0.461 e. The molecule has 22 heavy (non-hydrogen) atoms. The van der Waals surface area contributed by atoms with E-state index in [1.54, 1.807) is 18.2 Å². The van der Waals surface area contributed by atoms with Crippen molar-refractivity contribution in [1.29, 1.82) is 5.26 Å². The Morgan fingerprint density at radius 3 is 2.77 bits per heavy atom. The highest BCUT2D eigenvalue weighted by atomic mass is 16.3. The number of nitriles is 1. The molecule has 0 N–H and O–H groups in total. The molecule has 106 valence electrons. The first-order chi connectivity index (χ1) is 10.7. The first-order valence-corrected chi connectivity index (χ1v) is 6.78. The lowest BCUT2D eigenvalue weighted by Crippen LogP contribution is -2.28. The van der Waals surface area contributed by atoms with E-state index in [0.717, 1.165) is 16.5 Å². The van der Waals surface area contributed by atoms with Gasteiger partial charge in [0.15, 0.2) is 12.0 Å². The van der Waals surface area contributed by atoms with Crippen molar-refractivity contribution in [3.63, 3.8) is 0 Å². The van der Waals surface area contributed by atoms with Crippen LogP contribution >= 0.6 is 0 Å². The van der Waals surface area contributed by atoms with Crippen LogP contribution in [-0.2, 0) is 7.05 Å². The smallest absolute Gasteiger partial charge is 0.238 e. The predicted molar refractivity (Wildman–Crippen MR) is 81.8 cm³/mol. The van der Waals surface area contributed by atoms with E-state index >= 15 is 0 Å². The molecule has 0 aliphatic rings. The Morgan fingerprint density at radius 1 is 1.23 bits per heavy atom. The maximum atomic E-state index is 12.3. The van der Waals surface area contributed by atoms with E-state index in [0.29, 0.717) is 0 Å². The third-order valence-electron chi connectivity index (χ3n) is 3.48. The molecule has 0 fully saturated rings. The zero-order valence-electron chi connectivity index (χ0n) is 12.0. The third-order valence-corrected chi connectivity index (χ3v) is 3.48. The van der Waals surface area contributed by atoms with Crippen molar-refractivity contribution < 1.29 is 13.8 Å². The number of furan rings is 1. The van der Waals surface area contributed by atoms with E-state index in [1.807, 2.05) is 54.2 Å². The fourth-order valence-electron chi connectivity index (χ4n) is 2.36. The SMILES string of the molecule is C[n+]1ccc(/C=C(\C#N)C(=O)c2ccco2)c2ccccc21. The second-order valence-corrected chi connectivity index (χ2v) is 4.88. The number of carbonyl (C=O) groups excluding carboxylic acids is 1. The number of hydrogen-bond acceptors (Lipinski definition) is 3. The molecule has 2 aromatic heterocycles. The molecule has 3 rings (SSSR count). The zero-order chi connectivity index (χ0) is 15.5. The number of pyridine rings is 1. The minimum Gasteiger partial charge on any atom is -0.461 e. The third kappa shape index (κ3) is 2.40. The van der Waals surface area contributed by atoms with Crippen LogP contribution in [0.1, 0.15) is 16.1 Å². The average molecular weight is 289 g/mol. The topological polar surface area (TPSA) is 57.9 Å². The predicted octanol–water partition coefficient (Wildman–Crippen LogP) is 3.05. The van der Waals surface area contributed by atoms with E-state index in [-0.39, 0.29) is 11.3 Å². The van der Waals surface area contributed by atoms with Gasteiger partial charge >= 0.3 is 0 Å². The Kier molecular flexibility index (Phi) is 3.55. The number of hydrogen-bond donors (Lipinski definition) is 0. The first kappa shape index (κ1) is 13.8. The number of carbonyl (C=O) groups is 1. The summed E-state index contributed by atoms with van der Waals surface area (Å²) in [7, 11) is 1.95. The van der Waals surface area contributed by atoms with Gasteiger partial charge in [0.1, 0.15) is 18.7 Å². The summed E-state index contributed by atoms with van der Waals surface area (Å²) < 4.78 is 7.07. The van der Waals surface area contributed by atoms with Crippen molar-refractivity contribution in [3.8, 4) is 6.07 Å². The molecule has 0 saturated heterocycles. The molecule has 0 aliphatic carbocycles. The molecule has 0 bridgehead atoms. The van der Waals surface area contributed by atoms with E-state index in [4.69, 9.17) is 4.42 Å². The van der Waals surface area contributed by atoms with Gasteiger partial charge in [0.25, 0.3) is 0 Å². The molecule has 1 aromatic carbocycles. The van der Waals surface area contributed by atoms with Crippen molar-refractivity contribution in [1.82, 2.24) is 0 Å². The lowest BCUT2D eigenvalue weighted by atomic mass is 10.0. The van der Waals surface area contributed by atoms with E-state index in [9.17, 15) is 10.1 Å². The molecule has 0 spiro atoms. The molecule has 0 aliphatic heterocycles. The highest BCUT2D eigenvalue weighted by molar-refractivity contribution is 6.13. The minimum absolute atomic E-state index is 0.0500. The van der Waals surface area contributed by atoms with Gasteiger partial charge in [-0.05, 0) is 29.8 Å². The Hall–Kier alpha value is -3.19. The van der Waals surface area contributed by atoms with Crippen molar-refractivity contribution >= 4 is 22.8 Å². The highest BCUT2D eigenvalue weighted by Gasteiger charge is 2.16. The molecule has 4 nitrogen and oxygen atoms in total. The highest BCUT2D eigenvalue weighted by Crippen LogP contribution is 2.19. The summed E-state index contributed by atoms with van der Waals surface area (Å²) in [6, 6.07) is 14.9. The number of rotatable bonds is 3. The summed E-state index contributed by atoms with van der Waals surface area (Å²) in [5.74, 6) is -0.247. The van der Waals surface area contributed by atoms with E-state index < -0.39 is 5.78 Å². The molecule has 0 radical (unpaired) electrons. The van der Waals surface area contributed by atoms with Gasteiger partial charge in [0.05, 0.1) is 11.6 Å². The molecule has 2 heterocycles. The van der Waals surface area contributed by atoms with Gasteiger partial charge in [0.2, 0.25) is 11.3 Å². The molecule has 3 aromatic rings. The van der Waals surface area contributed by atoms with Crippen LogP contribution in [0, 0.1) is 11.3 Å². The minimum atomic E-state index is -0.412. The van der Waals surface area contributed by atoms with Crippen LogP contribution in [0.25, 0.3) is 17.0 Å². The Balaban J connectivity index is 2.13. The first-order valence-electron chi connectivity index (χ1n) is 6.78. The van der Waals surface area contributed by atoms with Crippen LogP contribution < -0.4 is 4.57 Å². The van der Waals surface area contributed by atoms with Gasteiger partial charge in [-0.2, -0.15) is 5.26 Å². The quantitative estimate of drug-likeness (QED) is 0.322. The summed E-state index contributed by atoms with van der Waals surface area (Å²) in [6.45, 7) is 0. The fourth-order valence-corrected chi connectivity index (χ4v) is 2.36. The molecule has 0 atom stereocenters. The normalized spacial score (nSPS) is 11.4. The van der Waals surface area contributed by atoms with Gasteiger partial charge < -0.3 is 4.42 Å². The maximum absolute atomic E-state index is 12.3. The number of Topliss-reactive ketones (excluding diaryl/α,β-unsaturated/α-hetero) is 1. The lowest BCUT2D eigenvalue weighted by Gasteiger charge is -2.01. The molecular formula is C18H13N2O2+. The van der Waals surface area contributed by atoms with Crippen LogP contribution in [0.5, 0.6) is 0 Å². The fraction of sp³-hybridized carbons (Fsp3) is 0.0556. The molecule has 0 saturated carbocycles. The zero-order valence-corrected chi connectivity index (χ0v) is 12.0. The number of aromatic nitrogens is 1. The number of ketones is 1. The number of para-hydroxylation sites is 1. The van der Waals surface area contributed by atoms with Gasteiger partial charge in [-0.25, -0.2) is 4.57 Å². The molecular weight excluding hydrogens is 276 g/mol. The van der Waals surface area contributed by atoms with Crippen LogP contribution in [0.2, 0.25) is 0 Å². The Bertz CT molecular complexity index is 916. The van der Waals surface area contributed by atoms with Gasteiger partial charge in [0, 0.05) is 12.1 Å². The summed E-state index contributed by atoms with van der Waals surface area (Å²) >= 11 is 0. The number of benzene rings is 1. The number of fused-ring (bicyclic) bond motifs is 1. The van der Waals surface area contributed by atoms with Crippen molar-refractivity contribution in [2.75, 3.05) is 0 Å². The average Bonchev–Trinajstić information content (AvgIpc) is 3.08. The second-order valence-electron chi connectivity index (χ2n) is 4.88. The maximum Gasteiger partial charge on any atom is 0.238 e. The summed E-state index contributed by atoms with van der Waals surface area (Å²) in [5, 5.41) is 10.3. The summed E-state index contributed by atoms with van der Waals surface area (Å²) in [5.41, 5.74) is 1.90. The van der Waals surface area contributed by atoms with Crippen LogP contribution in [-0.4, -0.2) is 5.78 Å². The second kappa shape index (κ2) is 5.66.